The van der Waals surface area contributed by atoms with E-state index in [1.165, 1.54) is 12.5 Å². The lowest BCUT2D eigenvalue weighted by Crippen LogP contribution is -1.51. The molecule has 0 aliphatic carbocycles. The molecule has 0 bridgehead atoms. The number of nitrogens with zero attached hydrogens (tertiary/aromatic N) is 2. The van der Waals surface area contributed by atoms with Crippen LogP contribution in [0.3, 0.4) is 0 Å². The summed E-state index contributed by atoms with van der Waals surface area (Å²) >= 11 is 0. The van der Waals surface area contributed by atoms with E-state index in [2.05, 4.69) is 15.1 Å². The van der Waals surface area contributed by atoms with Gasteiger partial charge in [-0.25, -0.2) is 4.98 Å². The first-order chi connectivity index (χ1) is 3.43. The number of imidazole rings is 1. The molecule has 0 aliphatic heterocycles. The van der Waals surface area contributed by atoms with Gasteiger partial charge in [-0.15, -0.1) is 17.3 Å². The Morgan fingerprint density at radius 3 is 2.75 bits per heavy atom. The maximum absolute atomic E-state index is 9.55. The van der Waals surface area contributed by atoms with E-state index in [4.69, 9.17) is 0 Å². The van der Waals surface area contributed by atoms with Gasteiger partial charge in [-0.2, -0.15) is 0 Å². The van der Waals surface area contributed by atoms with Crippen molar-refractivity contribution < 1.29 is 0 Å². The third-order valence-electron chi connectivity index (χ3n) is 0.582. The van der Waals surface area contributed by atoms with Gasteiger partial charge in [0.25, 0.3) is 0 Å². The molecular formula is C3H4ClN3O. The number of hydrogen-bond acceptors (Lipinski definition) is 3. The summed E-state index contributed by atoms with van der Waals surface area (Å²) in [7, 11) is 0. The van der Waals surface area contributed by atoms with Gasteiger partial charge in [-0.1, -0.05) is 0 Å². The number of halogens is 1. The van der Waals surface area contributed by atoms with Crippen molar-refractivity contribution in [3.63, 3.8) is 0 Å². The smallest absolute Gasteiger partial charge is 0.194 e. The number of nitroso groups, excluding NO2 is 1. The maximum atomic E-state index is 9.55. The minimum absolute atomic E-state index is 0. The van der Waals surface area contributed by atoms with Gasteiger partial charge in [-0.05, 0) is 5.18 Å². The molecule has 0 unspecified atom stereocenters. The zero-order chi connectivity index (χ0) is 5.11. The monoisotopic (exact) mass is 133 g/mol. The van der Waals surface area contributed by atoms with Crippen LogP contribution in [0, 0.1) is 4.91 Å². The zero-order valence-corrected chi connectivity index (χ0v) is 4.68. The summed E-state index contributed by atoms with van der Waals surface area (Å²) in [5, 5.41) is 2.56. The summed E-state index contributed by atoms with van der Waals surface area (Å²) in [5.74, 6) is 0.264. The number of aromatic nitrogens is 2. The van der Waals surface area contributed by atoms with Gasteiger partial charge in [0, 0.05) is 0 Å². The Balaban J connectivity index is 0.000000490. The van der Waals surface area contributed by atoms with Crippen molar-refractivity contribution in [2.24, 2.45) is 5.18 Å². The first-order valence-electron chi connectivity index (χ1n) is 1.75. The fraction of sp³-hybridized carbons (Fsp3) is 0. The van der Waals surface area contributed by atoms with E-state index in [-0.39, 0.29) is 18.2 Å². The van der Waals surface area contributed by atoms with Crippen LogP contribution in [0.15, 0.2) is 17.7 Å². The van der Waals surface area contributed by atoms with Gasteiger partial charge < -0.3 is 4.98 Å². The molecule has 0 aromatic carbocycles. The third kappa shape index (κ3) is 1.31. The van der Waals surface area contributed by atoms with Crippen LogP contribution in [-0.2, 0) is 0 Å². The molecule has 4 nitrogen and oxygen atoms in total. The molecule has 1 aromatic heterocycles. The van der Waals surface area contributed by atoms with Gasteiger partial charge in [0.2, 0.25) is 0 Å². The molecule has 44 valence electrons. The highest BCUT2D eigenvalue weighted by molar-refractivity contribution is 5.85. The Labute approximate surface area is 51.7 Å². The summed E-state index contributed by atoms with van der Waals surface area (Å²) in [6.07, 6.45) is 2.75. The number of aromatic amines is 1. The first kappa shape index (κ1) is 7.10. The molecule has 0 fully saturated rings. The summed E-state index contributed by atoms with van der Waals surface area (Å²) < 4.78 is 0. The van der Waals surface area contributed by atoms with E-state index in [0.29, 0.717) is 0 Å². The average Bonchev–Trinajstić information content (AvgIpc) is 2.14. The second-order valence-electron chi connectivity index (χ2n) is 1.03. The van der Waals surface area contributed by atoms with Gasteiger partial charge in [0.1, 0.15) is 0 Å². The summed E-state index contributed by atoms with van der Waals surface area (Å²) in [5.41, 5.74) is 0. The van der Waals surface area contributed by atoms with Crippen LogP contribution in [0.5, 0.6) is 0 Å². The van der Waals surface area contributed by atoms with E-state index < -0.39 is 0 Å². The standard InChI is InChI=1S/C3H3N3O.ClH/c7-6-3-1-4-2-5-3;/h1-2H,(H,4,5);1H. The molecule has 0 radical (unpaired) electrons. The molecular weight excluding hydrogens is 130 g/mol. The van der Waals surface area contributed by atoms with Gasteiger partial charge in [0.15, 0.2) is 5.82 Å². The second-order valence-corrected chi connectivity index (χ2v) is 1.03. The lowest BCUT2D eigenvalue weighted by atomic mass is 10.8. The Morgan fingerprint density at radius 1 is 1.75 bits per heavy atom. The number of H-pyrrole nitrogens is 1. The van der Waals surface area contributed by atoms with Gasteiger partial charge in [-0.3, -0.25) is 0 Å². The highest BCUT2D eigenvalue weighted by Gasteiger charge is 1.83. The van der Waals surface area contributed by atoms with Crippen LogP contribution in [0.1, 0.15) is 0 Å². The molecule has 1 aromatic rings. The Bertz CT molecular complexity index is 150. The molecule has 1 N–H and O–H groups in total. The molecule has 5 heteroatoms. The normalized spacial score (nSPS) is 7.50. The number of hydrogen-bond donors (Lipinski definition) is 1. The molecule has 0 saturated heterocycles. The lowest BCUT2D eigenvalue weighted by molar-refractivity contribution is 1.29. The van der Waals surface area contributed by atoms with Gasteiger partial charge in [0.05, 0.1) is 12.5 Å². The van der Waals surface area contributed by atoms with Crippen LogP contribution in [0.4, 0.5) is 5.82 Å². The fourth-order valence-electron chi connectivity index (χ4n) is 0.298. The molecule has 0 aliphatic rings. The molecule has 8 heavy (non-hydrogen) atoms. The highest BCUT2D eigenvalue weighted by atomic mass is 35.5. The van der Waals surface area contributed by atoms with Crippen molar-refractivity contribution in [2.45, 2.75) is 0 Å². The minimum atomic E-state index is 0. The van der Waals surface area contributed by atoms with Crippen molar-refractivity contribution in [3.05, 3.63) is 17.4 Å². The summed E-state index contributed by atoms with van der Waals surface area (Å²) in [4.78, 5) is 15.6. The van der Waals surface area contributed by atoms with E-state index in [9.17, 15) is 4.91 Å². The molecule has 0 saturated carbocycles. The topological polar surface area (TPSA) is 58.1 Å². The fourth-order valence-corrected chi connectivity index (χ4v) is 0.298. The molecule has 0 amide bonds. The predicted octanol–water partition coefficient (Wildman–Crippen LogP) is 1.23. The van der Waals surface area contributed by atoms with Crippen LogP contribution >= 0.6 is 12.4 Å². The molecule has 1 heterocycles. The Hall–Kier alpha value is -0.900. The van der Waals surface area contributed by atoms with Crippen molar-refractivity contribution in [2.75, 3.05) is 0 Å². The van der Waals surface area contributed by atoms with Crippen molar-refractivity contribution >= 4 is 18.2 Å². The van der Waals surface area contributed by atoms with Crippen LogP contribution in [-0.4, -0.2) is 9.97 Å². The van der Waals surface area contributed by atoms with Crippen LogP contribution < -0.4 is 0 Å². The number of nitrogens with one attached hydrogen (secondary N) is 1. The van der Waals surface area contributed by atoms with Gasteiger partial charge >= 0.3 is 0 Å². The van der Waals surface area contributed by atoms with Crippen molar-refractivity contribution in [1.29, 1.82) is 0 Å². The summed E-state index contributed by atoms with van der Waals surface area (Å²) in [6.45, 7) is 0. The lowest BCUT2D eigenvalue weighted by Gasteiger charge is -1.66. The first-order valence-corrected chi connectivity index (χ1v) is 1.75. The largest absolute Gasteiger partial charge is 0.327 e. The van der Waals surface area contributed by atoms with E-state index in [0.717, 1.165) is 0 Å². The average molecular weight is 134 g/mol. The highest BCUT2D eigenvalue weighted by Crippen LogP contribution is 1.99. The predicted molar refractivity (Wildman–Crippen MR) is 31.3 cm³/mol. The van der Waals surface area contributed by atoms with Crippen LogP contribution in [0.2, 0.25) is 0 Å². The quantitative estimate of drug-likeness (QED) is 0.586. The van der Waals surface area contributed by atoms with E-state index in [1.54, 1.807) is 0 Å². The second kappa shape index (κ2) is 3.15. The minimum Gasteiger partial charge on any atom is -0.327 e. The van der Waals surface area contributed by atoms with E-state index in [1.807, 2.05) is 0 Å². The van der Waals surface area contributed by atoms with Crippen molar-refractivity contribution in [3.8, 4) is 0 Å². The Morgan fingerprint density at radius 2 is 2.50 bits per heavy atom. The Kier molecular flexibility index (Phi) is 2.79. The van der Waals surface area contributed by atoms with E-state index >= 15 is 0 Å². The van der Waals surface area contributed by atoms with Crippen molar-refractivity contribution in [1.82, 2.24) is 9.97 Å². The third-order valence-corrected chi connectivity index (χ3v) is 0.582. The zero-order valence-electron chi connectivity index (χ0n) is 3.87. The molecule has 0 spiro atoms. The molecule has 1 rings (SSSR count). The maximum Gasteiger partial charge on any atom is 0.194 e. The number of rotatable bonds is 1. The SMILES string of the molecule is Cl.O=Nc1cnc[nH]1. The molecule has 0 atom stereocenters. The van der Waals surface area contributed by atoms with Crippen LogP contribution in [0.25, 0.3) is 0 Å². The summed E-state index contributed by atoms with van der Waals surface area (Å²) in [6, 6.07) is 0.